The minimum absolute atomic E-state index is 0.0347. The number of aromatic amines is 1. The predicted octanol–water partition coefficient (Wildman–Crippen LogP) is 2.22. The van der Waals surface area contributed by atoms with Crippen LogP contribution >= 0.6 is 11.6 Å². The van der Waals surface area contributed by atoms with E-state index in [0.29, 0.717) is 22.1 Å². The van der Waals surface area contributed by atoms with E-state index in [0.717, 1.165) is 0 Å². The molecule has 0 spiro atoms. The number of non-ortho nitro benzene ring substituents is 1. The number of nitrogens with two attached hydrogens (primary N) is 1. The molecule has 0 unspecified atom stereocenters. The highest BCUT2D eigenvalue weighted by Crippen LogP contribution is 2.30. The third-order valence-corrected chi connectivity index (χ3v) is 2.38. The lowest BCUT2D eigenvalue weighted by Gasteiger charge is -2.00. The van der Waals surface area contributed by atoms with Crippen molar-refractivity contribution in [3.63, 3.8) is 0 Å². The lowest BCUT2D eigenvalue weighted by atomic mass is 10.1. The molecule has 2 aromatic rings. The summed E-state index contributed by atoms with van der Waals surface area (Å²) in [4.78, 5) is 10.1. The topological polar surface area (TPSA) is 97.8 Å². The molecule has 16 heavy (non-hydrogen) atoms. The Balaban J connectivity index is 2.55. The zero-order valence-corrected chi connectivity index (χ0v) is 8.73. The van der Waals surface area contributed by atoms with Crippen LogP contribution in [0, 0.1) is 10.1 Å². The second-order valence-electron chi connectivity index (χ2n) is 3.13. The molecule has 6 nitrogen and oxygen atoms in total. The fourth-order valence-corrected chi connectivity index (χ4v) is 1.53. The molecule has 0 fully saturated rings. The summed E-state index contributed by atoms with van der Waals surface area (Å²) in [7, 11) is 0. The van der Waals surface area contributed by atoms with Crippen LogP contribution in [0.15, 0.2) is 24.3 Å². The lowest BCUT2D eigenvalue weighted by molar-refractivity contribution is -0.384. The third kappa shape index (κ3) is 1.82. The fourth-order valence-electron chi connectivity index (χ4n) is 1.31. The second kappa shape index (κ2) is 3.82. The van der Waals surface area contributed by atoms with Gasteiger partial charge < -0.3 is 5.73 Å². The first-order valence-electron chi connectivity index (χ1n) is 4.33. The Morgan fingerprint density at radius 3 is 2.75 bits per heavy atom. The first kappa shape index (κ1) is 10.4. The Labute approximate surface area is 95.2 Å². The normalized spacial score (nSPS) is 10.3. The van der Waals surface area contributed by atoms with Gasteiger partial charge in [0.25, 0.3) is 5.69 Å². The molecule has 0 aliphatic carbocycles. The van der Waals surface area contributed by atoms with Crippen molar-refractivity contribution in [1.29, 1.82) is 0 Å². The molecule has 82 valence electrons. The number of nitrogens with one attached hydrogen (secondary N) is 1. The largest absolute Gasteiger partial charge is 0.382 e. The number of anilines is 1. The fraction of sp³-hybridized carbons (Fsp3) is 0. The standard InChI is InChI=1S/C9H7ClN4O2/c10-7-2-1-5(14(15)16)3-6(7)8-4-9(11)13-12-8/h1-4H,(H3,11,12,13). The van der Waals surface area contributed by atoms with Crippen LogP contribution in [0.3, 0.4) is 0 Å². The molecule has 0 aliphatic rings. The monoisotopic (exact) mass is 238 g/mol. The number of nitrogens with zero attached hydrogens (tertiary/aromatic N) is 2. The summed E-state index contributed by atoms with van der Waals surface area (Å²) in [5, 5.41) is 17.4. The number of nitro benzene ring substituents is 1. The van der Waals surface area contributed by atoms with Crippen molar-refractivity contribution in [3.05, 3.63) is 39.4 Å². The van der Waals surface area contributed by atoms with Gasteiger partial charge in [-0.2, -0.15) is 5.10 Å². The van der Waals surface area contributed by atoms with Gasteiger partial charge in [0.15, 0.2) is 0 Å². The summed E-state index contributed by atoms with van der Waals surface area (Å²) in [6, 6.07) is 5.73. The molecule has 7 heteroatoms. The zero-order valence-electron chi connectivity index (χ0n) is 7.98. The van der Waals surface area contributed by atoms with Gasteiger partial charge >= 0.3 is 0 Å². The highest BCUT2D eigenvalue weighted by Gasteiger charge is 2.12. The molecular weight excluding hydrogens is 232 g/mol. The maximum atomic E-state index is 10.6. The number of rotatable bonds is 2. The molecule has 2 rings (SSSR count). The van der Waals surface area contributed by atoms with Crippen molar-refractivity contribution >= 4 is 23.1 Å². The van der Waals surface area contributed by atoms with Crippen molar-refractivity contribution < 1.29 is 4.92 Å². The van der Waals surface area contributed by atoms with Gasteiger partial charge in [-0.15, -0.1) is 0 Å². The van der Waals surface area contributed by atoms with Crippen LogP contribution in [0.4, 0.5) is 11.5 Å². The Morgan fingerprint density at radius 2 is 2.19 bits per heavy atom. The number of hydrogen-bond acceptors (Lipinski definition) is 4. The molecule has 0 amide bonds. The van der Waals surface area contributed by atoms with E-state index in [-0.39, 0.29) is 5.69 Å². The van der Waals surface area contributed by atoms with E-state index in [1.165, 1.54) is 18.2 Å². The van der Waals surface area contributed by atoms with Crippen molar-refractivity contribution in [3.8, 4) is 11.3 Å². The number of benzene rings is 1. The first-order chi connectivity index (χ1) is 7.58. The Morgan fingerprint density at radius 1 is 1.44 bits per heavy atom. The first-order valence-corrected chi connectivity index (χ1v) is 4.71. The molecule has 1 aromatic heterocycles. The van der Waals surface area contributed by atoms with E-state index in [9.17, 15) is 10.1 Å². The van der Waals surface area contributed by atoms with E-state index in [1.807, 2.05) is 0 Å². The van der Waals surface area contributed by atoms with E-state index < -0.39 is 4.92 Å². The zero-order chi connectivity index (χ0) is 11.7. The number of nitro groups is 1. The van der Waals surface area contributed by atoms with Gasteiger partial charge in [-0.3, -0.25) is 15.2 Å². The average Bonchev–Trinajstić information content (AvgIpc) is 2.65. The van der Waals surface area contributed by atoms with Gasteiger partial charge in [0.2, 0.25) is 0 Å². The smallest absolute Gasteiger partial charge is 0.270 e. The van der Waals surface area contributed by atoms with Crippen molar-refractivity contribution in [2.24, 2.45) is 0 Å². The van der Waals surface area contributed by atoms with Gasteiger partial charge in [0, 0.05) is 23.8 Å². The summed E-state index contributed by atoms with van der Waals surface area (Å²) >= 11 is 5.93. The Bertz CT molecular complexity index is 552. The molecule has 0 aliphatic heterocycles. The van der Waals surface area contributed by atoms with Crippen LogP contribution < -0.4 is 5.73 Å². The maximum absolute atomic E-state index is 10.6. The summed E-state index contributed by atoms with van der Waals surface area (Å²) in [5.41, 5.74) is 6.46. The minimum Gasteiger partial charge on any atom is -0.382 e. The van der Waals surface area contributed by atoms with Crippen molar-refractivity contribution in [2.75, 3.05) is 5.73 Å². The SMILES string of the molecule is Nc1cc(-c2cc([N+](=O)[O-])ccc2Cl)[nH]n1. The number of nitrogen functional groups attached to an aromatic ring is 1. The molecule has 0 saturated heterocycles. The van der Waals surface area contributed by atoms with E-state index in [1.54, 1.807) is 6.07 Å². The Kier molecular flexibility index (Phi) is 2.49. The maximum Gasteiger partial charge on any atom is 0.270 e. The van der Waals surface area contributed by atoms with Crippen LogP contribution in [-0.2, 0) is 0 Å². The highest BCUT2D eigenvalue weighted by atomic mass is 35.5. The molecule has 0 atom stereocenters. The van der Waals surface area contributed by atoms with Crippen LogP contribution in [0.5, 0.6) is 0 Å². The van der Waals surface area contributed by atoms with Crippen LogP contribution in [-0.4, -0.2) is 15.1 Å². The average molecular weight is 239 g/mol. The highest BCUT2D eigenvalue weighted by molar-refractivity contribution is 6.33. The molecule has 3 N–H and O–H groups in total. The van der Waals surface area contributed by atoms with E-state index in [2.05, 4.69) is 10.2 Å². The van der Waals surface area contributed by atoms with Gasteiger partial charge in [0.05, 0.1) is 15.6 Å². The quantitative estimate of drug-likeness (QED) is 0.619. The van der Waals surface area contributed by atoms with E-state index >= 15 is 0 Å². The molecule has 0 saturated carbocycles. The summed E-state index contributed by atoms with van der Waals surface area (Å²) in [6.07, 6.45) is 0. The molecular formula is C9H7ClN4O2. The lowest BCUT2D eigenvalue weighted by Crippen LogP contribution is -1.89. The van der Waals surface area contributed by atoms with Gasteiger partial charge in [-0.1, -0.05) is 11.6 Å². The number of hydrogen-bond donors (Lipinski definition) is 2. The van der Waals surface area contributed by atoms with Crippen molar-refractivity contribution in [1.82, 2.24) is 10.2 Å². The molecule has 1 aromatic carbocycles. The third-order valence-electron chi connectivity index (χ3n) is 2.05. The van der Waals surface area contributed by atoms with Crippen LogP contribution in [0.25, 0.3) is 11.3 Å². The summed E-state index contributed by atoms with van der Waals surface area (Å²) < 4.78 is 0. The minimum atomic E-state index is -0.487. The Hall–Kier alpha value is -2.08. The van der Waals surface area contributed by atoms with Gasteiger partial charge in [-0.25, -0.2) is 0 Å². The number of H-pyrrole nitrogens is 1. The van der Waals surface area contributed by atoms with Crippen LogP contribution in [0.1, 0.15) is 0 Å². The number of aromatic nitrogens is 2. The molecule has 0 bridgehead atoms. The second-order valence-corrected chi connectivity index (χ2v) is 3.53. The van der Waals surface area contributed by atoms with Crippen LogP contribution in [0.2, 0.25) is 5.02 Å². The molecule has 1 heterocycles. The molecule has 0 radical (unpaired) electrons. The summed E-state index contributed by atoms with van der Waals surface area (Å²) in [5.74, 6) is 0.303. The summed E-state index contributed by atoms with van der Waals surface area (Å²) in [6.45, 7) is 0. The van der Waals surface area contributed by atoms with E-state index in [4.69, 9.17) is 17.3 Å². The number of halogens is 1. The van der Waals surface area contributed by atoms with Gasteiger partial charge in [-0.05, 0) is 6.07 Å². The van der Waals surface area contributed by atoms with Gasteiger partial charge in [0.1, 0.15) is 5.82 Å². The predicted molar refractivity (Wildman–Crippen MR) is 60.1 cm³/mol. The van der Waals surface area contributed by atoms with Crippen molar-refractivity contribution in [2.45, 2.75) is 0 Å².